The lowest BCUT2D eigenvalue weighted by Crippen LogP contribution is -2.15. The van der Waals surface area contributed by atoms with Gasteiger partial charge in [-0.15, -0.1) is 0 Å². The molecule has 134 valence electrons. The van der Waals surface area contributed by atoms with E-state index in [0.717, 1.165) is 40.7 Å². The lowest BCUT2D eigenvalue weighted by atomic mass is 10.2. The van der Waals surface area contributed by atoms with Gasteiger partial charge in [0, 0.05) is 29.5 Å². The monoisotopic (exact) mass is 349 g/mol. The first kappa shape index (κ1) is 16.5. The van der Waals surface area contributed by atoms with E-state index in [1.807, 2.05) is 54.6 Å². The van der Waals surface area contributed by atoms with Gasteiger partial charge >= 0.3 is 0 Å². The van der Waals surface area contributed by atoms with Gasteiger partial charge in [-0.1, -0.05) is 0 Å². The molecular formula is C19H23N7. The second-order valence-corrected chi connectivity index (χ2v) is 6.95. The summed E-state index contributed by atoms with van der Waals surface area (Å²) in [5, 5.41) is 9.08. The predicted molar refractivity (Wildman–Crippen MR) is 100 cm³/mol. The highest BCUT2D eigenvalue weighted by Crippen LogP contribution is 2.26. The van der Waals surface area contributed by atoms with Gasteiger partial charge < -0.3 is 4.57 Å². The molecule has 0 bridgehead atoms. The maximum absolute atomic E-state index is 4.68. The molecule has 0 radical (unpaired) electrons. The van der Waals surface area contributed by atoms with Gasteiger partial charge in [0.05, 0.1) is 30.0 Å². The molecule has 0 spiro atoms. The summed E-state index contributed by atoms with van der Waals surface area (Å²) >= 11 is 0. The van der Waals surface area contributed by atoms with Gasteiger partial charge in [0.2, 0.25) is 0 Å². The second-order valence-electron chi connectivity index (χ2n) is 6.95. The molecule has 1 unspecified atom stereocenters. The van der Waals surface area contributed by atoms with Crippen LogP contribution in [0.15, 0.2) is 30.7 Å². The zero-order valence-electron chi connectivity index (χ0n) is 15.8. The van der Waals surface area contributed by atoms with Crippen molar-refractivity contribution in [3.05, 3.63) is 53.5 Å². The van der Waals surface area contributed by atoms with Crippen LogP contribution in [-0.4, -0.2) is 33.9 Å². The smallest absolute Gasteiger partial charge is 0.166 e. The van der Waals surface area contributed by atoms with Crippen molar-refractivity contribution >= 4 is 5.65 Å². The van der Waals surface area contributed by atoms with E-state index in [9.17, 15) is 0 Å². The molecule has 0 saturated heterocycles. The first-order chi connectivity index (χ1) is 12.4. The van der Waals surface area contributed by atoms with E-state index >= 15 is 0 Å². The summed E-state index contributed by atoms with van der Waals surface area (Å²) in [5.41, 5.74) is 6.03. The molecule has 1 atom stereocenters. The molecule has 7 nitrogen and oxygen atoms in total. The highest BCUT2D eigenvalue weighted by molar-refractivity contribution is 5.72. The summed E-state index contributed by atoms with van der Waals surface area (Å²) in [5.74, 6) is 0.881. The summed E-state index contributed by atoms with van der Waals surface area (Å²) in [6, 6.07) is 4.33. The number of nitrogens with zero attached hydrogens (tertiary/aromatic N) is 7. The van der Waals surface area contributed by atoms with Crippen molar-refractivity contribution in [3.63, 3.8) is 0 Å². The number of hydrogen-bond donors (Lipinski definition) is 0. The Bertz CT molecular complexity index is 1080. The Kier molecular flexibility index (Phi) is 3.86. The van der Waals surface area contributed by atoms with Crippen LogP contribution in [0.5, 0.6) is 0 Å². The van der Waals surface area contributed by atoms with Gasteiger partial charge in [0.1, 0.15) is 5.82 Å². The molecule has 4 rings (SSSR count). The first-order valence-electron chi connectivity index (χ1n) is 8.80. The van der Waals surface area contributed by atoms with Crippen molar-refractivity contribution in [2.75, 3.05) is 0 Å². The Hall–Kier alpha value is -2.96. The Morgan fingerprint density at radius 2 is 1.81 bits per heavy atom. The fourth-order valence-electron chi connectivity index (χ4n) is 3.50. The maximum atomic E-state index is 4.68. The molecule has 4 aromatic rings. The van der Waals surface area contributed by atoms with Gasteiger partial charge in [-0.05, 0) is 46.8 Å². The van der Waals surface area contributed by atoms with Crippen LogP contribution in [-0.2, 0) is 6.54 Å². The molecule has 26 heavy (non-hydrogen) atoms. The molecule has 0 aromatic carbocycles. The number of rotatable bonds is 4. The summed E-state index contributed by atoms with van der Waals surface area (Å²) < 4.78 is 6.09. The lowest BCUT2D eigenvalue weighted by molar-refractivity contribution is 0.433. The standard InChI is InChI=1S/C19H23N7/c1-12-8-15(4)26-19(22-12)17(10-21-26)18-20-6-7-24(18)16(5)11-25-14(3)9-13(2)23-25/h6-10,16H,11H2,1-5H3. The Labute approximate surface area is 152 Å². The van der Waals surface area contributed by atoms with Crippen LogP contribution in [0, 0.1) is 27.7 Å². The van der Waals surface area contributed by atoms with E-state index in [-0.39, 0.29) is 6.04 Å². The van der Waals surface area contributed by atoms with Crippen molar-refractivity contribution in [2.45, 2.75) is 47.2 Å². The molecule has 4 aromatic heterocycles. The quantitative estimate of drug-likeness (QED) is 0.567. The van der Waals surface area contributed by atoms with Gasteiger partial charge in [-0.25, -0.2) is 14.5 Å². The van der Waals surface area contributed by atoms with Crippen LogP contribution < -0.4 is 0 Å². The van der Waals surface area contributed by atoms with Crippen LogP contribution in [0.1, 0.15) is 35.7 Å². The predicted octanol–water partition coefficient (Wildman–Crippen LogP) is 3.28. The minimum absolute atomic E-state index is 0.200. The third kappa shape index (κ3) is 2.69. The average molecular weight is 349 g/mol. The molecule has 7 heteroatoms. The molecule has 0 aliphatic heterocycles. The molecule has 0 aliphatic rings. The lowest BCUT2D eigenvalue weighted by Gasteiger charge is -2.17. The topological polar surface area (TPSA) is 65.8 Å². The molecule has 0 amide bonds. The highest BCUT2D eigenvalue weighted by Gasteiger charge is 2.18. The number of hydrogen-bond acceptors (Lipinski definition) is 4. The Morgan fingerprint density at radius 1 is 1.04 bits per heavy atom. The van der Waals surface area contributed by atoms with Crippen molar-refractivity contribution in [2.24, 2.45) is 0 Å². The van der Waals surface area contributed by atoms with Crippen molar-refractivity contribution in [1.82, 2.24) is 33.9 Å². The minimum Gasteiger partial charge on any atom is -0.326 e. The van der Waals surface area contributed by atoms with Crippen molar-refractivity contribution in [3.8, 4) is 11.4 Å². The van der Waals surface area contributed by atoms with Crippen LogP contribution >= 0.6 is 0 Å². The van der Waals surface area contributed by atoms with Crippen LogP contribution in [0.25, 0.3) is 17.0 Å². The molecule has 0 aliphatic carbocycles. The normalized spacial score (nSPS) is 12.8. The van der Waals surface area contributed by atoms with E-state index in [1.165, 1.54) is 5.69 Å². The van der Waals surface area contributed by atoms with E-state index in [0.29, 0.717) is 0 Å². The summed E-state index contributed by atoms with van der Waals surface area (Å²) in [6.07, 6.45) is 5.70. The summed E-state index contributed by atoms with van der Waals surface area (Å²) in [4.78, 5) is 9.28. The van der Waals surface area contributed by atoms with E-state index < -0.39 is 0 Å². The number of imidazole rings is 1. The summed E-state index contributed by atoms with van der Waals surface area (Å²) in [7, 11) is 0. The van der Waals surface area contributed by atoms with Crippen molar-refractivity contribution in [1.29, 1.82) is 0 Å². The van der Waals surface area contributed by atoms with Crippen LogP contribution in [0.4, 0.5) is 0 Å². The van der Waals surface area contributed by atoms with Gasteiger partial charge in [-0.3, -0.25) is 4.68 Å². The van der Waals surface area contributed by atoms with Gasteiger partial charge in [0.25, 0.3) is 0 Å². The molecular weight excluding hydrogens is 326 g/mol. The van der Waals surface area contributed by atoms with Crippen LogP contribution in [0.3, 0.4) is 0 Å². The van der Waals surface area contributed by atoms with Crippen molar-refractivity contribution < 1.29 is 0 Å². The van der Waals surface area contributed by atoms with Gasteiger partial charge in [0.15, 0.2) is 5.65 Å². The molecule has 0 saturated carbocycles. The van der Waals surface area contributed by atoms with Crippen LogP contribution in [0.2, 0.25) is 0 Å². The zero-order valence-corrected chi connectivity index (χ0v) is 15.8. The minimum atomic E-state index is 0.200. The average Bonchev–Trinajstić information content (AvgIpc) is 3.25. The SMILES string of the molecule is Cc1cc(C)n2ncc(-c3nccn3C(C)Cn3nc(C)cc3C)c2n1. The third-order valence-corrected chi connectivity index (χ3v) is 4.70. The van der Waals surface area contributed by atoms with Gasteiger partial charge in [-0.2, -0.15) is 10.2 Å². The second kappa shape index (κ2) is 6.09. The maximum Gasteiger partial charge on any atom is 0.166 e. The largest absolute Gasteiger partial charge is 0.326 e. The molecule has 0 N–H and O–H groups in total. The molecule has 4 heterocycles. The summed E-state index contributed by atoms with van der Waals surface area (Å²) in [6.45, 7) is 11.1. The zero-order chi connectivity index (χ0) is 18.4. The fourth-order valence-corrected chi connectivity index (χ4v) is 3.50. The van der Waals surface area contributed by atoms with E-state index in [1.54, 1.807) is 0 Å². The Morgan fingerprint density at radius 3 is 2.54 bits per heavy atom. The number of fused-ring (bicyclic) bond motifs is 1. The highest BCUT2D eigenvalue weighted by atomic mass is 15.3. The van der Waals surface area contributed by atoms with E-state index in [2.05, 4.69) is 44.6 Å². The number of aryl methyl sites for hydroxylation is 4. The van der Waals surface area contributed by atoms with E-state index in [4.69, 9.17) is 0 Å². The number of aromatic nitrogens is 7. The Balaban J connectivity index is 1.74. The molecule has 0 fully saturated rings. The fraction of sp³-hybridized carbons (Fsp3) is 0.368. The first-order valence-corrected chi connectivity index (χ1v) is 8.80. The third-order valence-electron chi connectivity index (χ3n) is 4.70.